The smallest absolute Gasteiger partial charge is 0.306 e. The largest absolute Gasteiger partial charge is 0.462 e. The van der Waals surface area contributed by atoms with Crippen molar-refractivity contribution in [3.05, 3.63) is 36.5 Å². The van der Waals surface area contributed by atoms with Crippen LogP contribution in [0.2, 0.25) is 0 Å². The van der Waals surface area contributed by atoms with Gasteiger partial charge in [0.05, 0.1) is 6.61 Å². The minimum Gasteiger partial charge on any atom is -0.462 e. The van der Waals surface area contributed by atoms with Crippen molar-refractivity contribution in [2.75, 3.05) is 19.8 Å². The zero-order chi connectivity index (χ0) is 43.5. The van der Waals surface area contributed by atoms with E-state index < -0.39 is 6.10 Å². The molecule has 0 aromatic rings. The van der Waals surface area contributed by atoms with Gasteiger partial charge in [0.15, 0.2) is 6.10 Å². The first kappa shape index (κ1) is 58.1. The summed E-state index contributed by atoms with van der Waals surface area (Å²) in [5, 5.41) is 0. The van der Waals surface area contributed by atoms with Crippen molar-refractivity contribution in [2.24, 2.45) is 0 Å². The fraction of sp³-hybridized carbons (Fsp3) is 0.855. The third kappa shape index (κ3) is 48.8. The first-order chi connectivity index (χ1) is 29.6. The van der Waals surface area contributed by atoms with Gasteiger partial charge in [-0.15, -0.1) is 0 Å². The van der Waals surface area contributed by atoms with Gasteiger partial charge in [0.2, 0.25) is 0 Å². The molecule has 0 heterocycles. The Labute approximate surface area is 374 Å². The highest BCUT2D eigenvalue weighted by Gasteiger charge is 2.17. The van der Waals surface area contributed by atoms with Gasteiger partial charge in [-0.1, -0.05) is 231 Å². The van der Waals surface area contributed by atoms with Gasteiger partial charge in [-0.25, -0.2) is 0 Å². The number of ether oxygens (including phenoxy) is 3. The fourth-order valence-corrected chi connectivity index (χ4v) is 7.64. The second-order valence-corrected chi connectivity index (χ2v) is 17.8. The molecule has 0 rings (SSSR count). The van der Waals surface area contributed by atoms with Crippen molar-refractivity contribution in [1.29, 1.82) is 0 Å². The van der Waals surface area contributed by atoms with E-state index >= 15 is 0 Å². The molecule has 0 saturated carbocycles. The molecule has 352 valence electrons. The van der Waals surface area contributed by atoms with Crippen LogP contribution in [0.3, 0.4) is 0 Å². The van der Waals surface area contributed by atoms with Crippen LogP contribution < -0.4 is 0 Å². The average Bonchev–Trinajstić information content (AvgIpc) is 3.25. The van der Waals surface area contributed by atoms with Gasteiger partial charge in [-0.3, -0.25) is 9.59 Å². The Morgan fingerprint density at radius 3 is 1.20 bits per heavy atom. The van der Waals surface area contributed by atoms with Gasteiger partial charge < -0.3 is 14.2 Å². The molecule has 0 unspecified atom stereocenters. The predicted octanol–water partition coefficient (Wildman–Crippen LogP) is 17.8. The molecule has 0 spiro atoms. The van der Waals surface area contributed by atoms with Gasteiger partial charge in [0.1, 0.15) is 6.61 Å². The number of carbonyl (C=O) groups excluding carboxylic acids is 2. The second-order valence-electron chi connectivity index (χ2n) is 17.8. The summed E-state index contributed by atoms with van der Waals surface area (Å²) in [6.07, 6.45) is 61.5. The zero-order valence-electron chi connectivity index (χ0n) is 40.5. The SMILES string of the molecule is CCCC/C=C\CCCCCCCC(=O)OC[C@@H](COCCCCCCCCCCCCCCCCCC)OC(=O)CCCCCCCCC/C=C\C/C=C\CCCCC. The standard InChI is InChI=1S/C55H102O5/c1-4-7-10-13-16-19-22-24-26-28-29-31-34-37-40-43-46-49-55(57)60-53(52-59-54(56)48-45-42-39-36-33-21-18-15-12-9-6-3)51-58-50-47-44-41-38-35-32-30-27-25-23-20-17-14-11-8-5-2/h15-16,18-19,24,26,53H,4-14,17,20-23,25,27-52H2,1-3H3/b18-15-,19-16-,26-24-/t53-/m1/s1. The van der Waals surface area contributed by atoms with Crippen molar-refractivity contribution < 1.29 is 23.8 Å². The summed E-state index contributed by atoms with van der Waals surface area (Å²) in [7, 11) is 0. The highest BCUT2D eigenvalue weighted by atomic mass is 16.6. The Hall–Kier alpha value is -1.88. The summed E-state index contributed by atoms with van der Waals surface area (Å²) in [5.41, 5.74) is 0. The molecule has 60 heavy (non-hydrogen) atoms. The fourth-order valence-electron chi connectivity index (χ4n) is 7.64. The molecular weight excluding hydrogens is 741 g/mol. The highest BCUT2D eigenvalue weighted by Crippen LogP contribution is 2.15. The quantitative estimate of drug-likeness (QED) is 0.0347. The van der Waals surface area contributed by atoms with Crippen LogP contribution in [0, 0.1) is 0 Å². The van der Waals surface area contributed by atoms with Gasteiger partial charge in [0.25, 0.3) is 0 Å². The van der Waals surface area contributed by atoms with Crippen LogP contribution in [-0.4, -0.2) is 37.9 Å². The number of hydrogen-bond acceptors (Lipinski definition) is 5. The Kier molecular flexibility index (Phi) is 49.9. The Morgan fingerprint density at radius 2 is 0.717 bits per heavy atom. The van der Waals surface area contributed by atoms with Crippen LogP contribution in [0.1, 0.15) is 278 Å². The van der Waals surface area contributed by atoms with Gasteiger partial charge in [-0.05, 0) is 70.6 Å². The lowest BCUT2D eigenvalue weighted by atomic mass is 10.0. The van der Waals surface area contributed by atoms with Crippen molar-refractivity contribution in [2.45, 2.75) is 284 Å². The summed E-state index contributed by atoms with van der Waals surface area (Å²) < 4.78 is 17.4. The molecule has 0 aliphatic rings. The van der Waals surface area contributed by atoms with Crippen molar-refractivity contribution >= 4 is 11.9 Å². The maximum absolute atomic E-state index is 12.8. The molecule has 5 heteroatoms. The second kappa shape index (κ2) is 51.5. The van der Waals surface area contributed by atoms with Crippen LogP contribution in [0.5, 0.6) is 0 Å². The molecule has 5 nitrogen and oxygen atoms in total. The minimum atomic E-state index is -0.538. The first-order valence-electron chi connectivity index (χ1n) is 26.5. The lowest BCUT2D eigenvalue weighted by molar-refractivity contribution is -0.163. The lowest BCUT2D eigenvalue weighted by Crippen LogP contribution is -2.30. The lowest BCUT2D eigenvalue weighted by Gasteiger charge is -2.18. The van der Waals surface area contributed by atoms with E-state index in [4.69, 9.17) is 14.2 Å². The third-order valence-electron chi connectivity index (χ3n) is 11.6. The van der Waals surface area contributed by atoms with Crippen LogP contribution in [0.15, 0.2) is 36.5 Å². The molecule has 0 aromatic carbocycles. The van der Waals surface area contributed by atoms with E-state index in [1.807, 2.05) is 0 Å². The van der Waals surface area contributed by atoms with Gasteiger partial charge >= 0.3 is 11.9 Å². The summed E-state index contributed by atoms with van der Waals surface area (Å²) in [4.78, 5) is 25.4. The summed E-state index contributed by atoms with van der Waals surface area (Å²) in [5.74, 6) is -0.404. The molecule has 0 N–H and O–H groups in total. The molecule has 0 aliphatic carbocycles. The number of rotatable bonds is 49. The van der Waals surface area contributed by atoms with E-state index in [2.05, 4.69) is 57.2 Å². The van der Waals surface area contributed by atoms with E-state index in [1.54, 1.807) is 0 Å². The Morgan fingerprint density at radius 1 is 0.367 bits per heavy atom. The van der Waals surface area contributed by atoms with Crippen LogP contribution in [0.25, 0.3) is 0 Å². The minimum absolute atomic E-state index is 0.0822. The third-order valence-corrected chi connectivity index (χ3v) is 11.6. The summed E-state index contributed by atoms with van der Waals surface area (Å²) in [6, 6.07) is 0. The number of hydrogen-bond donors (Lipinski definition) is 0. The van der Waals surface area contributed by atoms with Crippen molar-refractivity contribution in [3.63, 3.8) is 0 Å². The van der Waals surface area contributed by atoms with Crippen LogP contribution in [-0.2, 0) is 23.8 Å². The van der Waals surface area contributed by atoms with E-state index in [-0.39, 0.29) is 25.2 Å². The predicted molar refractivity (Wildman–Crippen MR) is 261 cm³/mol. The highest BCUT2D eigenvalue weighted by molar-refractivity contribution is 5.70. The van der Waals surface area contributed by atoms with E-state index in [0.29, 0.717) is 19.4 Å². The van der Waals surface area contributed by atoms with Crippen LogP contribution in [0.4, 0.5) is 0 Å². The monoisotopic (exact) mass is 843 g/mol. The molecule has 0 bridgehead atoms. The normalized spacial score (nSPS) is 12.4. The summed E-state index contributed by atoms with van der Waals surface area (Å²) >= 11 is 0. The van der Waals surface area contributed by atoms with E-state index in [1.165, 1.54) is 186 Å². The molecule has 0 saturated heterocycles. The molecule has 0 fully saturated rings. The van der Waals surface area contributed by atoms with E-state index in [0.717, 1.165) is 57.8 Å². The molecular formula is C55H102O5. The maximum Gasteiger partial charge on any atom is 0.306 e. The molecule has 0 amide bonds. The Bertz CT molecular complexity index is 955. The maximum atomic E-state index is 12.8. The number of allylic oxidation sites excluding steroid dienone is 6. The summed E-state index contributed by atoms with van der Waals surface area (Å²) in [6.45, 7) is 7.80. The molecule has 0 aliphatic heterocycles. The number of carbonyl (C=O) groups is 2. The molecule has 0 aromatic heterocycles. The zero-order valence-corrected chi connectivity index (χ0v) is 40.5. The van der Waals surface area contributed by atoms with Crippen molar-refractivity contribution in [3.8, 4) is 0 Å². The van der Waals surface area contributed by atoms with Gasteiger partial charge in [-0.2, -0.15) is 0 Å². The first-order valence-corrected chi connectivity index (χ1v) is 26.5. The molecule has 0 radical (unpaired) electrons. The van der Waals surface area contributed by atoms with Crippen molar-refractivity contribution in [1.82, 2.24) is 0 Å². The Balaban J connectivity index is 4.23. The van der Waals surface area contributed by atoms with Crippen LogP contribution >= 0.6 is 0 Å². The molecule has 1 atom stereocenters. The average molecular weight is 843 g/mol. The topological polar surface area (TPSA) is 61.8 Å². The van der Waals surface area contributed by atoms with E-state index in [9.17, 15) is 9.59 Å². The number of esters is 2. The van der Waals surface area contributed by atoms with Gasteiger partial charge in [0, 0.05) is 19.4 Å². The number of unbranched alkanes of at least 4 members (excludes halogenated alkanes) is 32.